The van der Waals surface area contributed by atoms with Gasteiger partial charge in [-0.1, -0.05) is 0 Å². The summed E-state index contributed by atoms with van der Waals surface area (Å²) in [5.41, 5.74) is 9.33. The summed E-state index contributed by atoms with van der Waals surface area (Å²) in [4.78, 5) is 41.0. The molecule has 3 aliphatic rings. The number of ketones is 2. The van der Waals surface area contributed by atoms with Crippen molar-refractivity contribution in [3.63, 3.8) is 0 Å². The van der Waals surface area contributed by atoms with Gasteiger partial charge >= 0.3 is 0 Å². The third-order valence-corrected chi connectivity index (χ3v) is 18.7. The summed E-state index contributed by atoms with van der Waals surface area (Å²) in [5.74, 6) is 0.883. The average Bonchev–Trinajstić information content (AvgIpc) is 3.96. The second-order valence-corrected chi connectivity index (χ2v) is 20.3. The van der Waals surface area contributed by atoms with Gasteiger partial charge in [0.25, 0.3) is 0 Å². The molecule has 0 aliphatic heterocycles. The molecule has 0 radical (unpaired) electrons. The van der Waals surface area contributed by atoms with Gasteiger partial charge in [0.05, 0.1) is 0 Å². The lowest BCUT2D eigenvalue weighted by Gasteiger charge is -2.33. The molecule has 1 fully saturated rings. The zero-order chi connectivity index (χ0) is 34.6. The van der Waals surface area contributed by atoms with Gasteiger partial charge < -0.3 is 0 Å². The number of thiophene rings is 6. The second-order valence-electron chi connectivity index (χ2n) is 14.1. The Morgan fingerprint density at radius 2 is 0.920 bits per heavy atom. The fraction of sp³-hybridized carbons (Fsp3) is 0.286. The molecule has 0 aromatic carbocycles. The van der Waals surface area contributed by atoms with Gasteiger partial charge in [0, 0.05) is 83.6 Å². The van der Waals surface area contributed by atoms with E-state index in [-0.39, 0.29) is 23.7 Å². The summed E-state index contributed by atoms with van der Waals surface area (Å²) in [6.45, 7) is 13.0. The fourth-order valence-corrected chi connectivity index (χ4v) is 15.5. The molecule has 9 rings (SSSR count). The summed E-state index contributed by atoms with van der Waals surface area (Å²) in [5, 5.41) is 4.28. The minimum Gasteiger partial charge on any atom is -0.294 e. The van der Waals surface area contributed by atoms with E-state index in [1.54, 1.807) is 22.7 Å². The summed E-state index contributed by atoms with van der Waals surface area (Å²) in [6, 6.07) is 8.90. The zero-order valence-corrected chi connectivity index (χ0v) is 33.7. The normalized spacial score (nSPS) is 21.2. The SMILES string of the molecule is Cc1ccsc1/C=C/c1sc(-c2sc3c(c2C)C(=O)C2CC4c5sc(-c6cc(C)c(/C=C/c7sccc7C)s6)c(C)c5C(=O)C4CC32)cc1C. The van der Waals surface area contributed by atoms with Crippen LogP contribution in [-0.2, 0) is 0 Å². The molecule has 2 nitrogen and oxygen atoms in total. The average molecular weight is 765 g/mol. The standard InChI is InChI=1S/C42H36O2S6/c1-19-11-13-45-29(19)7-9-31-21(3)15-33(47-31)39-23(5)35-37(43)25-18-28-26(17-27(25)41(35)49-39)38(44)36-24(6)40(50-42(28)36)34-16-22(4)32(48-34)10-8-30-20(2)12-14-46-30/h7-16,25-28H,17-18H2,1-6H3/b9-7+,10-8+. The van der Waals surface area contributed by atoms with Crippen LogP contribution in [0.2, 0.25) is 0 Å². The largest absolute Gasteiger partial charge is 0.294 e. The molecular formula is C42H36O2S6. The maximum atomic E-state index is 14.2. The first-order valence-electron chi connectivity index (χ1n) is 17.1. The Labute approximate surface area is 317 Å². The molecule has 50 heavy (non-hydrogen) atoms. The first kappa shape index (κ1) is 32.9. The van der Waals surface area contributed by atoms with Crippen LogP contribution in [0.15, 0.2) is 35.0 Å². The van der Waals surface area contributed by atoms with Crippen molar-refractivity contribution >= 4 is 104 Å². The van der Waals surface area contributed by atoms with Crippen molar-refractivity contribution in [2.75, 3.05) is 0 Å². The number of aryl methyl sites for hydroxylation is 4. The molecular weight excluding hydrogens is 729 g/mol. The molecule has 0 N–H and O–H groups in total. The third-order valence-electron chi connectivity index (χ3n) is 11.1. The highest BCUT2D eigenvalue weighted by molar-refractivity contribution is 7.24. The summed E-state index contributed by atoms with van der Waals surface area (Å²) in [7, 11) is 0. The van der Waals surface area contributed by atoms with Crippen LogP contribution in [0.4, 0.5) is 0 Å². The monoisotopic (exact) mass is 764 g/mol. The van der Waals surface area contributed by atoms with Crippen molar-refractivity contribution < 1.29 is 9.59 Å². The molecule has 6 aromatic heterocycles. The predicted molar refractivity (Wildman–Crippen MR) is 221 cm³/mol. The molecule has 4 unspecified atom stereocenters. The number of rotatable bonds is 6. The van der Waals surface area contributed by atoms with E-state index in [0.29, 0.717) is 11.6 Å². The number of carbonyl (C=O) groups excluding carboxylic acids is 2. The first-order chi connectivity index (χ1) is 24.1. The van der Waals surface area contributed by atoms with Crippen molar-refractivity contribution in [3.8, 4) is 19.5 Å². The van der Waals surface area contributed by atoms with Crippen LogP contribution in [0.5, 0.6) is 0 Å². The Hall–Kier alpha value is -2.98. The van der Waals surface area contributed by atoms with E-state index in [0.717, 1.165) is 35.1 Å². The fourth-order valence-electron chi connectivity index (χ4n) is 8.37. The number of carbonyl (C=O) groups is 2. The Morgan fingerprint density at radius 1 is 0.520 bits per heavy atom. The van der Waals surface area contributed by atoms with E-state index < -0.39 is 0 Å². The highest BCUT2D eigenvalue weighted by atomic mass is 32.1. The van der Waals surface area contributed by atoms with Crippen LogP contribution in [-0.4, -0.2) is 11.6 Å². The zero-order valence-electron chi connectivity index (χ0n) is 28.8. The molecule has 6 aromatic rings. The minimum atomic E-state index is -0.0195. The molecule has 0 spiro atoms. The summed E-state index contributed by atoms with van der Waals surface area (Å²) < 4.78 is 0. The van der Waals surface area contributed by atoms with Crippen molar-refractivity contribution in [1.82, 2.24) is 0 Å². The van der Waals surface area contributed by atoms with Crippen molar-refractivity contribution in [1.29, 1.82) is 0 Å². The highest BCUT2D eigenvalue weighted by Crippen LogP contribution is 2.62. The molecule has 6 heterocycles. The lowest BCUT2D eigenvalue weighted by atomic mass is 9.70. The topological polar surface area (TPSA) is 34.1 Å². The Bertz CT molecular complexity index is 2260. The third kappa shape index (κ3) is 5.08. The lowest BCUT2D eigenvalue weighted by Crippen LogP contribution is -2.29. The van der Waals surface area contributed by atoms with Gasteiger partial charge in [0.2, 0.25) is 0 Å². The molecule has 4 atom stereocenters. The van der Waals surface area contributed by atoms with Gasteiger partial charge in [-0.25, -0.2) is 0 Å². The van der Waals surface area contributed by atoms with Crippen LogP contribution < -0.4 is 0 Å². The van der Waals surface area contributed by atoms with Gasteiger partial charge in [-0.3, -0.25) is 9.59 Å². The Morgan fingerprint density at radius 3 is 1.30 bits per heavy atom. The van der Waals surface area contributed by atoms with Crippen LogP contribution >= 0.6 is 68.0 Å². The predicted octanol–water partition coefficient (Wildman–Crippen LogP) is 13.9. The van der Waals surface area contributed by atoms with E-state index >= 15 is 0 Å². The first-order valence-corrected chi connectivity index (χ1v) is 22.1. The van der Waals surface area contributed by atoms with Crippen LogP contribution in [0.3, 0.4) is 0 Å². The van der Waals surface area contributed by atoms with Gasteiger partial charge in [-0.15, -0.1) is 68.0 Å². The second kappa shape index (κ2) is 12.3. The van der Waals surface area contributed by atoms with Crippen LogP contribution in [0, 0.1) is 53.4 Å². The van der Waals surface area contributed by atoms with E-state index in [9.17, 15) is 9.59 Å². The minimum absolute atomic E-state index is 0.0195. The molecule has 8 heteroatoms. The van der Waals surface area contributed by atoms with Crippen molar-refractivity contribution in [3.05, 3.63) is 109 Å². The lowest BCUT2D eigenvalue weighted by molar-refractivity contribution is 0.0789. The van der Waals surface area contributed by atoms with Crippen LogP contribution in [0.25, 0.3) is 43.8 Å². The van der Waals surface area contributed by atoms with Crippen molar-refractivity contribution in [2.45, 2.75) is 66.2 Å². The molecule has 0 saturated heterocycles. The Balaban J connectivity index is 0.985. The maximum absolute atomic E-state index is 14.2. The maximum Gasteiger partial charge on any atom is 0.168 e. The van der Waals surface area contributed by atoms with E-state index in [1.165, 1.54) is 71.0 Å². The van der Waals surface area contributed by atoms with E-state index in [1.807, 2.05) is 45.3 Å². The quantitative estimate of drug-likeness (QED) is 0.169. The molecule has 0 amide bonds. The summed E-state index contributed by atoms with van der Waals surface area (Å²) >= 11 is 10.8. The number of fused-ring (bicyclic) bond motifs is 6. The molecule has 252 valence electrons. The van der Waals surface area contributed by atoms with Crippen molar-refractivity contribution in [2.24, 2.45) is 11.8 Å². The smallest absolute Gasteiger partial charge is 0.168 e. The van der Waals surface area contributed by atoms with Gasteiger partial charge in [-0.05, 0) is 147 Å². The molecule has 3 aliphatic carbocycles. The number of hydrogen-bond donors (Lipinski definition) is 0. The highest BCUT2D eigenvalue weighted by Gasteiger charge is 2.55. The van der Waals surface area contributed by atoms with E-state index in [4.69, 9.17) is 0 Å². The van der Waals surface area contributed by atoms with E-state index in [2.05, 4.69) is 101 Å². The van der Waals surface area contributed by atoms with Crippen LogP contribution in [0.1, 0.15) is 108 Å². The molecule has 0 bridgehead atoms. The number of Topliss-reactive ketones (excluding diaryl/α,β-unsaturated/α-hetero) is 2. The van der Waals surface area contributed by atoms with Gasteiger partial charge in [-0.2, -0.15) is 0 Å². The Kier molecular flexibility index (Phi) is 8.10. The van der Waals surface area contributed by atoms with Gasteiger partial charge in [0.1, 0.15) is 0 Å². The number of hydrogen-bond acceptors (Lipinski definition) is 8. The van der Waals surface area contributed by atoms with Gasteiger partial charge in [0.15, 0.2) is 11.6 Å². The molecule has 1 saturated carbocycles. The summed E-state index contributed by atoms with van der Waals surface area (Å²) in [6.07, 6.45) is 10.5.